The van der Waals surface area contributed by atoms with Crippen molar-refractivity contribution in [3.63, 3.8) is 0 Å². The van der Waals surface area contributed by atoms with Crippen molar-refractivity contribution in [3.05, 3.63) is 0 Å². The molecule has 0 atom stereocenters. The molecule has 0 unspecified atom stereocenters. The molecule has 0 aliphatic carbocycles. The molecule has 0 aromatic heterocycles. The molecule has 2 aliphatic heterocycles. The van der Waals surface area contributed by atoms with Crippen LogP contribution in [-0.4, -0.2) is 44.4 Å². The van der Waals surface area contributed by atoms with E-state index in [-0.39, 0.29) is 5.54 Å². The van der Waals surface area contributed by atoms with Crippen LogP contribution in [0.1, 0.15) is 39.0 Å². The van der Waals surface area contributed by atoms with Crippen molar-refractivity contribution in [1.82, 2.24) is 14.3 Å². The minimum atomic E-state index is -3.29. The molecule has 2 aliphatic rings. The first-order chi connectivity index (χ1) is 8.02. The van der Waals surface area contributed by atoms with Crippen LogP contribution in [0.3, 0.4) is 0 Å². The Morgan fingerprint density at radius 1 is 1.12 bits per heavy atom. The van der Waals surface area contributed by atoms with E-state index in [0.717, 1.165) is 45.2 Å². The smallest absolute Gasteiger partial charge is 0.279 e. The molecule has 2 rings (SSSR count). The maximum atomic E-state index is 12.3. The fraction of sp³-hybridized carbons (Fsp3) is 1.00. The fourth-order valence-corrected chi connectivity index (χ4v) is 4.26. The van der Waals surface area contributed by atoms with E-state index in [1.54, 1.807) is 4.31 Å². The zero-order valence-corrected chi connectivity index (χ0v) is 11.4. The van der Waals surface area contributed by atoms with Crippen molar-refractivity contribution in [2.24, 2.45) is 0 Å². The molecule has 2 heterocycles. The second-order valence-corrected chi connectivity index (χ2v) is 7.05. The van der Waals surface area contributed by atoms with Gasteiger partial charge in [0.05, 0.1) is 0 Å². The molecular formula is C11H23N3O2S. The number of nitrogens with one attached hydrogen (secondary N) is 2. The summed E-state index contributed by atoms with van der Waals surface area (Å²) in [7, 11) is -3.29. The molecule has 2 fully saturated rings. The van der Waals surface area contributed by atoms with Crippen LogP contribution in [0.4, 0.5) is 0 Å². The molecule has 0 bridgehead atoms. The molecule has 17 heavy (non-hydrogen) atoms. The summed E-state index contributed by atoms with van der Waals surface area (Å²) in [4.78, 5) is 0. The monoisotopic (exact) mass is 261 g/mol. The second-order valence-electron chi connectivity index (χ2n) is 5.38. The third kappa shape index (κ3) is 3.40. The quantitative estimate of drug-likeness (QED) is 0.775. The highest BCUT2D eigenvalue weighted by Crippen LogP contribution is 2.21. The standard InChI is InChI=1S/C11H23N3O2S/c1-11(5-7-12-8-6-11)13-17(15,16)14-9-3-2-4-10-14/h12-13H,2-10H2,1H3. The summed E-state index contributed by atoms with van der Waals surface area (Å²) in [6, 6.07) is 0. The molecule has 5 nitrogen and oxygen atoms in total. The molecule has 0 spiro atoms. The van der Waals surface area contributed by atoms with E-state index in [4.69, 9.17) is 0 Å². The lowest BCUT2D eigenvalue weighted by atomic mass is 9.92. The SMILES string of the molecule is CC1(NS(=O)(=O)N2CCCCC2)CCNCC1. The normalized spacial score (nSPS) is 26.9. The van der Waals surface area contributed by atoms with Gasteiger partial charge in [-0.15, -0.1) is 0 Å². The Labute approximate surface area is 104 Å². The highest BCUT2D eigenvalue weighted by Gasteiger charge is 2.34. The highest BCUT2D eigenvalue weighted by molar-refractivity contribution is 7.87. The van der Waals surface area contributed by atoms with Gasteiger partial charge in [-0.2, -0.15) is 17.4 Å². The van der Waals surface area contributed by atoms with Gasteiger partial charge in [0, 0.05) is 18.6 Å². The lowest BCUT2D eigenvalue weighted by Gasteiger charge is -2.37. The van der Waals surface area contributed by atoms with Gasteiger partial charge >= 0.3 is 0 Å². The molecule has 0 saturated carbocycles. The topological polar surface area (TPSA) is 61.4 Å². The number of hydrogen-bond donors (Lipinski definition) is 2. The molecule has 2 N–H and O–H groups in total. The van der Waals surface area contributed by atoms with Crippen molar-refractivity contribution in [1.29, 1.82) is 0 Å². The predicted octanol–water partition coefficient (Wildman–Crippen LogP) is 0.449. The lowest BCUT2D eigenvalue weighted by molar-refractivity contribution is 0.285. The summed E-state index contributed by atoms with van der Waals surface area (Å²) in [5.41, 5.74) is -0.276. The van der Waals surface area contributed by atoms with Crippen LogP contribution in [0.25, 0.3) is 0 Å². The van der Waals surface area contributed by atoms with E-state index < -0.39 is 10.2 Å². The van der Waals surface area contributed by atoms with Crippen LogP contribution < -0.4 is 10.0 Å². The fourth-order valence-electron chi connectivity index (χ4n) is 2.56. The molecular weight excluding hydrogens is 238 g/mol. The van der Waals surface area contributed by atoms with E-state index in [9.17, 15) is 8.42 Å². The molecule has 0 amide bonds. The van der Waals surface area contributed by atoms with Crippen LogP contribution in [0.15, 0.2) is 0 Å². The van der Waals surface area contributed by atoms with Gasteiger partial charge in [0.2, 0.25) is 0 Å². The van der Waals surface area contributed by atoms with Crippen molar-refractivity contribution in [3.8, 4) is 0 Å². The van der Waals surface area contributed by atoms with E-state index >= 15 is 0 Å². The van der Waals surface area contributed by atoms with Gasteiger partial charge < -0.3 is 5.32 Å². The third-order valence-corrected chi connectivity index (χ3v) is 5.53. The maximum absolute atomic E-state index is 12.3. The summed E-state index contributed by atoms with van der Waals surface area (Å²) < 4.78 is 29.0. The summed E-state index contributed by atoms with van der Waals surface area (Å²) in [5, 5.41) is 3.26. The first-order valence-corrected chi connectivity index (χ1v) is 7.96. The minimum absolute atomic E-state index is 0.276. The van der Waals surface area contributed by atoms with Gasteiger partial charge in [0.15, 0.2) is 0 Å². The maximum Gasteiger partial charge on any atom is 0.279 e. The van der Waals surface area contributed by atoms with E-state index in [1.807, 2.05) is 6.92 Å². The number of hydrogen-bond acceptors (Lipinski definition) is 3. The van der Waals surface area contributed by atoms with Crippen LogP contribution in [-0.2, 0) is 10.2 Å². The zero-order chi connectivity index (χ0) is 12.4. The predicted molar refractivity (Wildman–Crippen MR) is 68.0 cm³/mol. The average Bonchev–Trinajstić information content (AvgIpc) is 2.30. The Bertz CT molecular complexity index is 344. The van der Waals surface area contributed by atoms with Crippen molar-refractivity contribution in [2.45, 2.75) is 44.6 Å². The molecule has 6 heteroatoms. The highest BCUT2D eigenvalue weighted by atomic mass is 32.2. The molecule has 2 saturated heterocycles. The van der Waals surface area contributed by atoms with Gasteiger partial charge in [-0.05, 0) is 45.7 Å². The van der Waals surface area contributed by atoms with Crippen LogP contribution in [0.2, 0.25) is 0 Å². The average molecular weight is 261 g/mol. The Morgan fingerprint density at radius 3 is 2.29 bits per heavy atom. The zero-order valence-electron chi connectivity index (χ0n) is 10.5. The van der Waals surface area contributed by atoms with E-state index in [0.29, 0.717) is 13.1 Å². The van der Waals surface area contributed by atoms with E-state index in [2.05, 4.69) is 10.0 Å². The number of nitrogens with zero attached hydrogens (tertiary/aromatic N) is 1. The van der Waals surface area contributed by atoms with Crippen LogP contribution in [0, 0.1) is 0 Å². The van der Waals surface area contributed by atoms with Crippen LogP contribution >= 0.6 is 0 Å². The molecule has 0 aromatic carbocycles. The first-order valence-electron chi connectivity index (χ1n) is 6.52. The minimum Gasteiger partial charge on any atom is -0.317 e. The van der Waals surface area contributed by atoms with Gasteiger partial charge in [-0.1, -0.05) is 6.42 Å². The summed E-state index contributed by atoms with van der Waals surface area (Å²) in [6.07, 6.45) is 4.84. The molecule has 100 valence electrons. The Kier molecular flexibility index (Phi) is 4.07. The van der Waals surface area contributed by atoms with Crippen LogP contribution in [0.5, 0.6) is 0 Å². The van der Waals surface area contributed by atoms with Gasteiger partial charge in [0.25, 0.3) is 10.2 Å². The lowest BCUT2D eigenvalue weighted by Crippen LogP contribution is -2.56. The van der Waals surface area contributed by atoms with Crippen molar-refractivity contribution in [2.75, 3.05) is 26.2 Å². The number of piperidine rings is 2. The Hall–Kier alpha value is -0.170. The molecule has 0 aromatic rings. The van der Waals surface area contributed by atoms with Gasteiger partial charge in [-0.3, -0.25) is 0 Å². The molecule has 0 radical (unpaired) electrons. The van der Waals surface area contributed by atoms with Gasteiger partial charge in [0.1, 0.15) is 0 Å². The summed E-state index contributed by atoms with van der Waals surface area (Å²) >= 11 is 0. The third-order valence-electron chi connectivity index (χ3n) is 3.74. The summed E-state index contributed by atoms with van der Waals surface area (Å²) in [5.74, 6) is 0. The first kappa shape index (κ1) is 13.3. The Balaban J connectivity index is 2.00. The van der Waals surface area contributed by atoms with E-state index in [1.165, 1.54) is 0 Å². The van der Waals surface area contributed by atoms with Crippen molar-refractivity contribution < 1.29 is 8.42 Å². The second kappa shape index (κ2) is 5.22. The largest absolute Gasteiger partial charge is 0.317 e. The number of rotatable bonds is 3. The Morgan fingerprint density at radius 2 is 1.71 bits per heavy atom. The van der Waals surface area contributed by atoms with Crippen molar-refractivity contribution >= 4 is 10.2 Å². The van der Waals surface area contributed by atoms with Gasteiger partial charge in [-0.25, -0.2) is 0 Å². The summed E-state index contributed by atoms with van der Waals surface area (Å²) in [6.45, 7) is 5.13.